The summed E-state index contributed by atoms with van der Waals surface area (Å²) in [6.07, 6.45) is 7.03. The molecule has 4 rings (SSSR count). The SMILES string of the molecule is CC(=O)N[C@@H](Cc1cncn1COCc1ccccc1)C(=O)N=CC(CCCCN=C(N)N)C(=O)N[C@@H](CCC(C)C)C(=O)N[C@@H](CCCN=C(N)N)C(=O)c1nc2ccccc2s1. The number of nitrogens with zero attached hydrogens (tertiary/aromatic N) is 6. The van der Waals surface area contributed by atoms with E-state index in [0.29, 0.717) is 50.0 Å². The number of hydrogen-bond donors (Lipinski definition) is 7. The van der Waals surface area contributed by atoms with Crippen LogP contribution in [-0.4, -0.2) is 93.3 Å². The second kappa shape index (κ2) is 26.2. The second-order valence-corrected chi connectivity index (χ2v) is 16.7. The molecule has 2 aromatic carbocycles. The predicted molar refractivity (Wildman–Crippen MR) is 248 cm³/mol. The van der Waals surface area contributed by atoms with E-state index in [-0.39, 0.29) is 67.6 Å². The van der Waals surface area contributed by atoms with Crippen LogP contribution in [0.15, 0.2) is 82.1 Å². The summed E-state index contributed by atoms with van der Waals surface area (Å²) in [7, 11) is 0. The Bertz CT molecular complexity index is 2200. The van der Waals surface area contributed by atoms with Crippen LogP contribution in [0.5, 0.6) is 0 Å². The number of Topliss-reactive ketones (excluding diaryl/α,β-unsaturated/α-hetero) is 1. The molecule has 0 bridgehead atoms. The van der Waals surface area contributed by atoms with E-state index in [1.807, 2.05) is 62.4 Å². The lowest BCUT2D eigenvalue weighted by atomic mass is 9.98. The molecule has 1 unspecified atom stereocenters. The summed E-state index contributed by atoms with van der Waals surface area (Å²) in [5, 5.41) is 8.67. The molecule has 0 radical (unpaired) electrons. The molecule has 19 nitrogen and oxygen atoms in total. The summed E-state index contributed by atoms with van der Waals surface area (Å²) in [4.78, 5) is 89.3. The Morgan fingerprint density at radius 2 is 1.48 bits per heavy atom. The number of rotatable bonds is 27. The molecule has 4 amide bonds. The largest absolute Gasteiger partial charge is 0.370 e. The quantitative estimate of drug-likeness (QED) is 0.0197. The molecule has 11 N–H and O–H groups in total. The Hall–Kier alpha value is -6.54. The van der Waals surface area contributed by atoms with Gasteiger partial charge in [-0.25, -0.2) is 15.0 Å². The van der Waals surface area contributed by atoms with Crippen LogP contribution in [0, 0.1) is 11.8 Å². The minimum absolute atomic E-state index is 0.0418. The van der Waals surface area contributed by atoms with Crippen LogP contribution in [0.3, 0.4) is 0 Å². The zero-order valence-electron chi connectivity index (χ0n) is 36.7. The molecule has 4 aromatic rings. The molecular formula is C44H61N13O6S. The maximum Gasteiger partial charge on any atom is 0.268 e. The first-order chi connectivity index (χ1) is 30.7. The normalized spacial score (nSPS) is 13.2. The number of para-hydroxylation sites is 1. The number of carbonyl (C=O) groups excluding carboxylic acids is 5. The molecule has 4 atom stereocenters. The van der Waals surface area contributed by atoms with Crippen molar-refractivity contribution < 1.29 is 28.7 Å². The number of nitrogens with two attached hydrogens (primary N) is 4. The van der Waals surface area contributed by atoms with Crippen molar-refractivity contribution in [2.45, 2.75) is 104 Å². The fraction of sp³-hybridized carbons (Fsp3) is 0.455. The van der Waals surface area contributed by atoms with Crippen LogP contribution in [0.2, 0.25) is 0 Å². The number of ketones is 1. The summed E-state index contributed by atoms with van der Waals surface area (Å²) >= 11 is 1.22. The van der Waals surface area contributed by atoms with E-state index in [2.05, 4.69) is 40.9 Å². The van der Waals surface area contributed by atoms with E-state index in [4.69, 9.17) is 27.7 Å². The molecule has 0 aliphatic heterocycles. The van der Waals surface area contributed by atoms with Gasteiger partial charge in [-0.1, -0.05) is 62.7 Å². The van der Waals surface area contributed by atoms with Crippen LogP contribution in [0.1, 0.15) is 86.8 Å². The average molecular weight is 900 g/mol. The molecule has 0 spiro atoms. The van der Waals surface area contributed by atoms with Crippen LogP contribution in [0.4, 0.5) is 0 Å². The maximum atomic E-state index is 14.2. The van der Waals surface area contributed by atoms with Gasteiger partial charge in [-0.05, 0) is 62.1 Å². The van der Waals surface area contributed by atoms with Gasteiger partial charge in [0.1, 0.15) is 18.8 Å². The van der Waals surface area contributed by atoms with Crippen LogP contribution in [0.25, 0.3) is 10.2 Å². The number of fused-ring (bicyclic) bond motifs is 1. The van der Waals surface area contributed by atoms with E-state index < -0.39 is 47.7 Å². The Balaban J connectivity index is 1.54. The Morgan fingerprint density at radius 1 is 0.797 bits per heavy atom. The van der Waals surface area contributed by atoms with Gasteiger partial charge in [-0.3, -0.25) is 34.0 Å². The highest BCUT2D eigenvalue weighted by Crippen LogP contribution is 2.24. The van der Waals surface area contributed by atoms with Crippen molar-refractivity contribution in [1.82, 2.24) is 30.5 Å². The molecule has 0 saturated carbocycles. The third-order valence-electron chi connectivity index (χ3n) is 9.91. The van der Waals surface area contributed by atoms with Crippen LogP contribution >= 0.6 is 11.3 Å². The van der Waals surface area contributed by atoms with E-state index in [0.717, 1.165) is 10.3 Å². The first kappa shape index (κ1) is 50.1. The van der Waals surface area contributed by atoms with Crippen molar-refractivity contribution in [2.24, 2.45) is 49.7 Å². The highest BCUT2D eigenvalue weighted by Gasteiger charge is 2.31. The van der Waals surface area contributed by atoms with Crippen molar-refractivity contribution in [3.63, 3.8) is 0 Å². The van der Waals surface area contributed by atoms with E-state index in [1.165, 1.54) is 24.5 Å². The molecule has 344 valence electrons. The fourth-order valence-corrected chi connectivity index (χ4v) is 7.51. The van der Waals surface area contributed by atoms with Crippen LogP contribution < -0.4 is 38.9 Å². The monoisotopic (exact) mass is 899 g/mol. The molecule has 2 aromatic heterocycles. The smallest absolute Gasteiger partial charge is 0.268 e. The fourth-order valence-electron chi connectivity index (χ4n) is 6.55. The Morgan fingerprint density at radius 3 is 2.17 bits per heavy atom. The van der Waals surface area contributed by atoms with Gasteiger partial charge < -0.3 is 48.2 Å². The van der Waals surface area contributed by atoms with Crippen molar-refractivity contribution in [3.8, 4) is 0 Å². The summed E-state index contributed by atoms with van der Waals surface area (Å²) < 4.78 is 8.42. The molecular weight excluding hydrogens is 839 g/mol. The van der Waals surface area contributed by atoms with Gasteiger partial charge in [0.15, 0.2) is 16.9 Å². The predicted octanol–water partition coefficient (Wildman–Crippen LogP) is 2.71. The zero-order chi connectivity index (χ0) is 46.4. The third kappa shape index (κ3) is 17.3. The third-order valence-corrected chi connectivity index (χ3v) is 11.0. The average Bonchev–Trinajstić information content (AvgIpc) is 3.90. The number of aliphatic imine (C=N–C) groups is 3. The second-order valence-electron chi connectivity index (χ2n) is 15.7. The van der Waals surface area contributed by atoms with Gasteiger partial charge in [-0.15, -0.1) is 11.3 Å². The minimum atomic E-state index is -1.09. The maximum absolute atomic E-state index is 14.2. The summed E-state index contributed by atoms with van der Waals surface area (Å²) in [5.74, 6) is -3.62. The van der Waals surface area contributed by atoms with Gasteiger partial charge >= 0.3 is 0 Å². The minimum Gasteiger partial charge on any atom is -0.370 e. The van der Waals surface area contributed by atoms with Crippen molar-refractivity contribution in [1.29, 1.82) is 0 Å². The first-order valence-corrected chi connectivity index (χ1v) is 22.1. The van der Waals surface area contributed by atoms with E-state index in [9.17, 15) is 24.0 Å². The molecule has 2 heterocycles. The number of imidazole rings is 1. The van der Waals surface area contributed by atoms with Gasteiger partial charge in [0, 0.05) is 44.5 Å². The molecule has 0 aliphatic carbocycles. The lowest BCUT2D eigenvalue weighted by Crippen LogP contribution is -2.52. The number of benzene rings is 2. The number of unbranched alkanes of at least 4 members (excludes halogenated alkanes) is 1. The molecule has 64 heavy (non-hydrogen) atoms. The number of nitrogens with one attached hydrogen (secondary N) is 3. The lowest BCUT2D eigenvalue weighted by Gasteiger charge is -2.24. The summed E-state index contributed by atoms with van der Waals surface area (Å²) in [6.45, 7) is 6.33. The number of carbonyl (C=O) groups is 5. The number of ether oxygens (including phenoxy) is 1. The van der Waals surface area contributed by atoms with Crippen LogP contribution in [-0.2, 0) is 43.7 Å². The van der Waals surface area contributed by atoms with Gasteiger partial charge in [-0.2, -0.15) is 0 Å². The van der Waals surface area contributed by atoms with E-state index >= 15 is 0 Å². The highest BCUT2D eigenvalue weighted by atomic mass is 32.1. The van der Waals surface area contributed by atoms with Crippen molar-refractivity contribution in [3.05, 3.63) is 83.4 Å². The molecule has 0 aliphatic rings. The lowest BCUT2D eigenvalue weighted by molar-refractivity contribution is -0.130. The number of aromatic nitrogens is 3. The first-order valence-electron chi connectivity index (χ1n) is 21.3. The number of amides is 4. The van der Waals surface area contributed by atoms with Crippen molar-refractivity contribution >= 4 is 69.1 Å². The molecule has 0 saturated heterocycles. The van der Waals surface area contributed by atoms with Gasteiger partial charge in [0.05, 0.1) is 35.1 Å². The number of hydrogen-bond acceptors (Lipinski definition) is 11. The topological polar surface area (TPSA) is 303 Å². The number of thiazole rings is 1. The summed E-state index contributed by atoms with van der Waals surface area (Å²) in [6, 6.07) is 13.9. The Labute approximate surface area is 377 Å². The highest BCUT2D eigenvalue weighted by molar-refractivity contribution is 7.20. The standard InChI is InChI=1S/C44H61N13O6S/c1-28(2)18-19-35(41(62)54-34(16-11-21-51-44(47)48)38(59)42-56-33-15-7-8-17-37(33)64-42)55-39(60)31(14-9-10-20-50-43(45)46)23-52-40(61)36(53-29(3)58)22-32-24-49-26-57(32)27-63-25-30-12-5-4-6-13-30/h4-8,12-13,15,17,23-24,26,28,31,34-36H,9-11,14,16,18-22,25,27H2,1-3H3,(H,53,58)(H,54,62)(H,55,60)(H4,45,46,50)(H4,47,48,51)/t31?,34-,35-,36-/m0/s1. The van der Waals surface area contributed by atoms with Gasteiger partial charge in [0.25, 0.3) is 5.91 Å². The van der Waals surface area contributed by atoms with Crippen molar-refractivity contribution in [2.75, 3.05) is 13.1 Å². The Kier molecular flexibility index (Phi) is 20.5. The zero-order valence-corrected chi connectivity index (χ0v) is 37.5. The molecule has 0 fully saturated rings. The van der Waals surface area contributed by atoms with Gasteiger partial charge in [0.2, 0.25) is 23.5 Å². The van der Waals surface area contributed by atoms with E-state index in [1.54, 1.807) is 23.2 Å². The number of guanidine groups is 2. The molecule has 20 heteroatoms. The summed E-state index contributed by atoms with van der Waals surface area (Å²) in [5.41, 5.74) is 24.3.